The Morgan fingerprint density at radius 3 is 2.24 bits per heavy atom. The number of nitrogens with one attached hydrogen (secondary N) is 1. The van der Waals surface area contributed by atoms with Crippen molar-refractivity contribution in [3.63, 3.8) is 0 Å². The Morgan fingerprint density at radius 1 is 1.24 bits per heavy atom. The van der Waals surface area contributed by atoms with Crippen LogP contribution in [0.3, 0.4) is 0 Å². The topological polar surface area (TPSA) is 66.4 Å². The van der Waals surface area contributed by atoms with Crippen LogP contribution in [0.2, 0.25) is 0 Å². The number of hydrogen-bond donors (Lipinski definition) is 2. The highest BCUT2D eigenvalue weighted by Crippen LogP contribution is 2.05. The van der Waals surface area contributed by atoms with E-state index in [-0.39, 0.29) is 17.5 Å². The maximum Gasteiger partial charge on any atom is 0.335 e. The first-order valence-corrected chi connectivity index (χ1v) is 5.68. The first-order valence-electron chi connectivity index (χ1n) is 5.68. The molecule has 1 amide bonds. The number of aromatic carboxylic acids is 1. The van der Waals surface area contributed by atoms with Gasteiger partial charge in [-0.3, -0.25) is 4.79 Å². The Kier molecular flexibility index (Phi) is 4.69. The van der Waals surface area contributed by atoms with Gasteiger partial charge in [0.15, 0.2) is 0 Å². The van der Waals surface area contributed by atoms with Crippen molar-refractivity contribution in [2.75, 3.05) is 0 Å². The van der Waals surface area contributed by atoms with Crippen LogP contribution in [-0.2, 0) is 0 Å². The van der Waals surface area contributed by atoms with Crippen LogP contribution in [0.4, 0.5) is 0 Å². The lowest BCUT2D eigenvalue weighted by Gasteiger charge is -2.12. The van der Waals surface area contributed by atoms with Gasteiger partial charge >= 0.3 is 5.97 Å². The van der Waals surface area contributed by atoms with Crippen molar-refractivity contribution < 1.29 is 14.7 Å². The second-order valence-corrected chi connectivity index (χ2v) is 4.05. The van der Waals surface area contributed by atoms with Gasteiger partial charge in [0.1, 0.15) is 0 Å². The second-order valence-electron chi connectivity index (χ2n) is 4.05. The molecular weight excluding hydrogens is 218 g/mol. The summed E-state index contributed by atoms with van der Waals surface area (Å²) in [6, 6.07) is 6.05. The lowest BCUT2D eigenvalue weighted by atomic mass is 10.1. The lowest BCUT2D eigenvalue weighted by molar-refractivity contribution is 0.0696. The van der Waals surface area contributed by atoms with Gasteiger partial charge in [-0.2, -0.15) is 0 Å². The number of carbonyl (C=O) groups is 2. The van der Waals surface area contributed by atoms with E-state index in [1.54, 1.807) is 0 Å². The Labute approximate surface area is 101 Å². The zero-order valence-electron chi connectivity index (χ0n) is 10.1. The van der Waals surface area contributed by atoms with Crippen LogP contribution in [0.1, 0.15) is 47.4 Å². The molecule has 2 N–H and O–H groups in total. The quantitative estimate of drug-likeness (QED) is 0.823. The van der Waals surface area contributed by atoms with Crippen LogP contribution in [0.5, 0.6) is 0 Å². The lowest BCUT2D eigenvalue weighted by Crippen LogP contribution is -2.32. The molecular formula is C13H17NO3. The molecule has 1 aromatic carbocycles. The van der Waals surface area contributed by atoms with Crippen LogP contribution in [0, 0.1) is 0 Å². The molecule has 4 heteroatoms. The van der Waals surface area contributed by atoms with Gasteiger partial charge in [-0.05, 0) is 37.6 Å². The van der Waals surface area contributed by atoms with Crippen molar-refractivity contribution in [2.45, 2.75) is 32.7 Å². The van der Waals surface area contributed by atoms with Crippen molar-refractivity contribution in [1.82, 2.24) is 5.32 Å². The molecule has 0 fully saturated rings. The number of carbonyl (C=O) groups excluding carboxylic acids is 1. The molecule has 1 aromatic rings. The number of carboxylic acid groups (broad SMARTS) is 1. The van der Waals surface area contributed by atoms with Gasteiger partial charge in [0.05, 0.1) is 5.56 Å². The summed E-state index contributed by atoms with van der Waals surface area (Å²) in [5, 5.41) is 11.6. The second kappa shape index (κ2) is 6.03. The molecule has 0 radical (unpaired) electrons. The SMILES string of the molecule is CCCC(C)NC(=O)c1ccc(C(=O)O)cc1. The third-order valence-electron chi connectivity index (χ3n) is 2.49. The summed E-state index contributed by atoms with van der Waals surface area (Å²) in [4.78, 5) is 22.4. The molecule has 0 saturated carbocycles. The van der Waals surface area contributed by atoms with Gasteiger partial charge in [-0.25, -0.2) is 4.79 Å². The average Bonchev–Trinajstić information content (AvgIpc) is 2.29. The van der Waals surface area contributed by atoms with Crippen molar-refractivity contribution in [2.24, 2.45) is 0 Å². The van der Waals surface area contributed by atoms with E-state index in [1.165, 1.54) is 24.3 Å². The smallest absolute Gasteiger partial charge is 0.335 e. The Balaban J connectivity index is 2.66. The molecule has 1 unspecified atom stereocenters. The molecule has 0 spiro atoms. The summed E-state index contributed by atoms with van der Waals surface area (Å²) in [6.45, 7) is 4.01. The monoisotopic (exact) mass is 235 g/mol. The van der Waals surface area contributed by atoms with Crippen molar-refractivity contribution in [1.29, 1.82) is 0 Å². The number of hydrogen-bond acceptors (Lipinski definition) is 2. The number of carboxylic acids is 1. The van der Waals surface area contributed by atoms with E-state index < -0.39 is 5.97 Å². The molecule has 0 bridgehead atoms. The fraction of sp³-hybridized carbons (Fsp3) is 0.385. The third-order valence-corrected chi connectivity index (χ3v) is 2.49. The van der Waals surface area contributed by atoms with Crippen LogP contribution in [0.15, 0.2) is 24.3 Å². The summed E-state index contributed by atoms with van der Waals surface area (Å²) < 4.78 is 0. The molecule has 0 aliphatic carbocycles. The summed E-state index contributed by atoms with van der Waals surface area (Å²) in [5.41, 5.74) is 0.668. The molecule has 1 rings (SSSR count). The largest absolute Gasteiger partial charge is 0.478 e. The number of benzene rings is 1. The van der Waals surface area contributed by atoms with E-state index in [0.29, 0.717) is 5.56 Å². The van der Waals surface area contributed by atoms with E-state index in [0.717, 1.165) is 12.8 Å². The fourth-order valence-electron chi connectivity index (χ4n) is 1.58. The van der Waals surface area contributed by atoms with Gasteiger partial charge in [0.25, 0.3) is 5.91 Å². The Bertz CT molecular complexity index is 398. The molecule has 0 saturated heterocycles. The Morgan fingerprint density at radius 2 is 1.76 bits per heavy atom. The van der Waals surface area contributed by atoms with Gasteiger partial charge in [0.2, 0.25) is 0 Å². The molecule has 0 heterocycles. The number of rotatable bonds is 5. The van der Waals surface area contributed by atoms with E-state index >= 15 is 0 Å². The van der Waals surface area contributed by atoms with Crippen LogP contribution < -0.4 is 5.32 Å². The molecule has 4 nitrogen and oxygen atoms in total. The first-order chi connectivity index (χ1) is 8.04. The molecule has 0 aromatic heterocycles. The first kappa shape index (κ1) is 13.2. The summed E-state index contributed by atoms with van der Waals surface area (Å²) in [5.74, 6) is -1.15. The summed E-state index contributed by atoms with van der Waals surface area (Å²) in [7, 11) is 0. The van der Waals surface area contributed by atoms with E-state index in [4.69, 9.17) is 5.11 Å². The fourth-order valence-corrected chi connectivity index (χ4v) is 1.58. The predicted molar refractivity (Wildman–Crippen MR) is 65.2 cm³/mol. The van der Waals surface area contributed by atoms with E-state index in [2.05, 4.69) is 12.2 Å². The standard InChI is InChI=1S/C13H17NO3/c1-3-4-9(2)14-12(15)10-5-7-11(8-6-10)13(16)17/h5-9H,3-4H2,1-2H3,(H,14,15)(H,16,17). The predicted octanol–water partition coefficient (Wildman–Crippen LogP) is 2.30. The Hall–Kier alpha value is -1.84. The third kappa shape index (κ3) is 3.90. The summed E-state index contributed by atoms with van der Waals surface area (Å²) >= 11 is 0. The van der Waals surface area contributed by atoms with Gasteiger partial charge < -0.3 is 10.4 Å². The molecule has 17 heavy (non-hydrogen) atoms. The van der Waals surface area contributed by atoms with Gasteiger partial charge in [-0.1, -0.05) is 13.3 Å². The van der Waals surface area contributed by atoms with Crippen LogP contribution in [0.25, 0.3) is 0 Å². The molecule has 0 aliphatic heterocycles. The summed E-state index contributed by atoms with van der Waals surface area (Å²) in [6.07, 6.45) is 1.94. The minimum Gasteiger partial charge on any atom is -0.478 e. The van der Waals surface area contributed by atoms with Crippen LogP contribution in [-0.4, -0.2) is 23.0 Å². The van der Waals surface area contributed by atoms with E-state index in [9.17, 15) is 9.59 Å². The highest BCUT2D eigenvalue weighted by molar-refractivity contribution is 5.95. The number of amides is 1. The zero-order chi connectivity index (χ0) is 12.8. The highest BCUT2D eigenvalue weighted by Gasteiger charge is 2.10. The van der Waals surface area contributed by atoms with Crippen molar-refractivity contribution in [3.8, 4) is 0 Å². The van der Waals surface area contributed by atoms with Gasteiger partial charge in [-0.15, -0.1) is 0 Å². The molecule has 92 valence electrons. The maximum atomic E-state index is 11.8. The molecule has 1 atom stereocenters. The minimum absolute atomic E-state index is 0.131. The maximum absolute atomic E-state index is 11.8. The van der Waals surface area contributed by atoms with E-state index in [1.807, 2.05) is 6.92 Å². The van der Waals surface area contributed by atoms with Crippen molar-refractivity contribution in [3.05, 3.63) is 35.4 Å². The average molecular weight is 235 g/mol. The zero-order valence-corrected chi connectivity index (χ0v) is 10.1. The van der Waals surface area contributed by atoms with Crippen molar-refractivity contribution >= 4 is 11.9 Å². The molecule has 0 aliphatic rings. The normalized spacial score (nSPS) is 11.9. The highest BCUT2D eigenvalue weighted by atomic mass is 16.4. The van der Waals surface area contributed by atoms with Crippen LogP contribution >= 0.6 is 0 Å². The van der Waals surface area contributed by atoms with Gasteiger partial charge in [0, 0.05) is 11.6 Å². The minimum atomic E-state index is -0.990.